The molecule has 0 radical (unpaired) electrons. The van der Waals surface area contributed by atoms with E-state index in [-0.39, 0.29) is 16.0 Å². The number of thiophene rings is 1. The highest BCUT2D eigenvalue weighted by atomic mass is 35.5. The van der Waals surface area contributed by atoms with Crippen LogP contribution in [0.2, 0.25) is 5.02 Å². The zero-order valence-corrected chi connectivity index (χ0v) is 14.3. The van der Waals surface area contributed by atoms with Gasteiger partial charge in [0.2, 0.25) is 0 Å². The van der Waals surface area contributed by atoms with E-state index >= 15 is 0 Å². The molecule has 0 N–H and O–H groups in total. The van der Waals surface area contributed by atoms with E-state index in [1.54, 1.807) is 36.4 Å². The summed E-state index contributed by atoms with van der Waals surface area (Å²) in [4.78, 5) is 0.657. The summed E-state index contributed by atoms with van der Waals surface area (Å²) < 4.78 is 51.4. The van der Waals surface area contributed by atoms with Crippen LogP contribution in [-0.4, -0.2) is 5.51 Å². The summed E-state index contributed by atoms with van der Waals surface area (Å²) in [6.07, 6.45) is 0. The third kappa shape index (κ3) is 4.12. The molecule has 0 fully saturated rings. The number of halogens is 5. The van der Waals surface area contributed by atoms with Crippen molar-refractivity contribution in [3.63, 3.8) is 0 Å². The van der Waals surface area contributed by atoms with E-state index in [0.29, 0.717) is 21.0 Å². The predicted molar refractivity (Wildman–Crippen MR) is 92.1 cm³/mol. The zero-order chi connectivity index (χ0) is 17.3. The fourth-order valence-electron chi connectivity index (χ4n) is 2.19. The van der Waals surface area contributed by atoms with E-state index in [1.807, 2.05) is 0 Å². The summed E-state index contributed by atoms with van der Waals surface area (Å²) in [7, 11) is 0. The molecule has 2 aromatic carbocycles. The molecule has 0 spiro atoms. The highest BCUT2D eigenvalue weighted by molar-refractivity contribution is 8.02. The average molecular weight is 389 g/mol. The number of hydrogen-bond acceptors (Lipinski definition) is 2. The van der Waals surface area contributed by atoms with Crippen LogP contribution in [-0.2, 0) is 0 Å². The summed E-state index contributed by atoms with van der Waals surface area (Å²) >= 11 is 6.76. The third-order valence-electron chi connectivity index (χ3n) is 3.19. The Balaban J connectivity index is 2.10. The maximum absolute atomic E-state index is 13.1. The van der Waals surface area contributed by atoms with Crippen molar-refractivity contribution in [3.05, 3.63) is 65.4 Å². The van der Waals surface area contributed by atoms with E-state index in [2.05, 4.69) is 0 Å². The molecule has 124 valence electrons. The van der Waals surface area contributed by atoms with Gasteiger partial charge in [-0.15, -0.1) is 11.3 Å². The van der Waals surface area contributed by atoms with Crippen LogP contribution in [0.15, 0.2) is 58.8 Å². The number of thioether (sulfide) groups is 1. The Morgan fingerprint density at radius 2 is 1.46 bits per heavy atom. The summed E-state index contributed by atoms with van der Waals surface area (Å²) in [5, 5.41) is 0.544. The molecule has 0 aliphatic carbocycles. The van der Waals surface area contributed by atoms with E-state index in [9.17, 15) is 17.6 Å². The van der Waals surface area contributed by atoms with Gasteiger partial charge in [-0.3, -0.25) is 0 Å². The monoisotopic (exact) mass is 388 g/mol. The maximum atomic E-state index is 13.1. The molecule has 0 nitrogen and oxygen atoms in total. The van der Waals surface area contributed by atoms with Gasteiger partial charge < -0.3 is 0 Å². The quantitative estimate of drug-likeness (QED) is 0.331. The minimum atomic E-state index is -4.36. The van der Waals surface area contributed by atoms with E-state index in [4.69, 9.17) is 11.6 Å². The first-order valence-corrected chi connectivity index (χ1v) is 8.74. The highest BCUT2D eigenvalue weighted by Gasteiger charge is 2.31. The lowest BCUT2D eigenvalue weighted by atomic mass is 10.0. The molecule has 0 saturated carbocycles. The second-order valence-electron chi connectivity index (χ2n) is 4.87. The van der Waals surface area contributed by atoms with Gasteiger partial charge in [-0.05, 0) is 53.2 Å². The van der Waals surface area contributed by atoms with E-state index in [0.717, 1.165) is 16.9 Å². The largest absolute Gasteiger partial charge is 0.447 e. The molecule has 0 aliphatic heterocycles. The Morgan fingerprint density at radius 1 is 0.875 bits per heavy atom. The first-order chi connectivity index (χ1) is 11.3. The Labute approximate surface area is 149 Å². The van der Waals surface area contributed by atoms with E-state index in [1.165, 1.54) is 18.2 Å². The van der Waals surface area contributed by atoms with Crippen molar-refractivity contribution in [2.75, 3.05) is 0 Å². The van der Waals surface area contributed by atoms with Crippen LogP contribution in [0.1, 0.15) is 0 Å². The van der Waals surface area contributed by atoms with Crippen molar-refractivity contribution in [2.45, 2.75) is 9.72 Å². The van der Waals surface area contributed by atoms with Crippen molar-refractivity contribution in [2.24, 2.45) is 0 Å². The van der Waals surface area contributed by atoms with Crippen LogP contribution in [0.5, 0.6) is 0 Å². The Morgan fingerprint density at radius 3 is 2.04 bits per heavy atom. The topological polar surface area (TPSA) is 0 Å². The van der Waals surface area contributed by atoms with Crippen LogP contribution in [0.3, 0.4) is 0 Å². The molecule has 0 atom stereocenters. The minimum Gasteiger partial charge on any atom is -0.207 e. The van der Waals surface area contributed by atoms with Gasteiger partial charge in [-0.1, -0.05) is 35.9 Å². The second-order valence-corrected chi connectivity index (χ2v) is 7.72. The first kappa shape index (κ1) is 17.3. The molecule has 1 aromatic heterocycles. The predicted octanol–water partition coefficient (Wildman–Crippen LogP) is 7.49. The number of alkyl halides is 3. The highest BCUT2D eigenvalue weighted by Crippen LogP contribution is 2.47. The molecular formula is C17H9ClF4S2. The van der Waals surface area contributed by atoms with Crippen molar-refractivity contribution in [3.8, 4) is 21.6 Å². The van der Waals surface area contributed by atoms with Crippen LogP contribution >= 0.6 is 34.7 Å². The van der Waals surface area contributed by atoms with Crippen LogP contribution < -0.4 is 0 Å². The standard InChI is InChI=1S/C17H9ClF4S2/c18-12-5-1-10(2-6-12)14-9-15(24-17(20,21)22)23-16(14)11-3-7-13(19)8-4-11/h1-9H. The van der Waals surface area contributed by atoms with Gasteiger partial charge >= 0.3 is 5.51 Å². The van der Waals surface area contributed by atoms with Gasteiger partial charge in [0.05, 0.1) is 4.21 Å². The SMILES string of the molecule is Fc1ccc(-c2sc(SC(F)(F)F)cc2-c2ccc(Cl)cc2)cc1. The minimum absolute atomic E-state index is 0.131. The average Bonchev–Trinajstić information content (AvgIpc) is 2.90. The third-order valence-corrected chi connectivity index (χ3v) is 5.47. The second kappa shape index (κ2) is 6.78. The number of rotatable bonds is 3. The molecule has 3 aromatic rings. The van der Waals surface area contributed by atoms with Gasteiger partial charge in [-0.25, -0.2) is 4.39 Å². The molecule has 0 amide bonds. The molecule has 7 heteroatoms. The number of hydrogen-bond donors (Lipinski definition) is 0. The Kier molecular flexibility index (Phi) is 4.90. The van der Waals surface area contributed by atoms with Gasteiger partial charge in [0, 0.05) is 15.5 Å². The lowest BCUT2D eigenvalue weighted by Crippen LogP contribution is -1.97. The normalized spacial score (nSPS) is 11.7. The van der Waals surface area contributed by atoms with Crippen LogP contribution in [0.25, 0.3) is 21.6 Å². The fourth-order valence-corrected chi connectivity index (χ4v) is 4.34. The summed E-state index contributed by atoms with van der Waals surface area (Å²) in [5.41, 5.74) is -2.28. The molecular weight excluding hydrogens is 380 g/mol. The Bertz CT molecular complexity index is 774. The zero-order valence-electron chi connectivity index (χ0n) is 11.9. The molecule has 1 heterocycles. The molecule has 0 saturated heterocycles. The summed E-state index contributed by atoms with van der Waals surface area (Å²) in [5.74, 6) is -0.395. The van der Waals surface area contributed by atoms with Gasteiger partial charge in [-0.2, -0.15) is 13.2 Å². The molecule has 0 unspecified atom stereocenters. The van der Waals surface area contributed by atoms with Crippen molar-refractivity contribution < 1.29 is 17.6 Å². The van der Waals surface area contributed by atoms with Crippen molar-refractivity contribution in [1.29, 1.82) is 0 Å². The van der Waals surface area contributed by atoms with Gasteiger partial charge in [0.1, 0.15) is 5.82 Å². The van der Waals surface area contributed by atoms with Crippen LogP contribution in [0, 0.1) is 5.82 Å². The van der Waals surface area contributed by atoms with Crippen LogP contribution in [0.4, 0.5) is 17.6 Å². The lowest BCUT2D eigenvalue weighted by molar-refractivity contribution is -0.0326. The van der Waals surface area contributed by atoms with Crippen molar-refractivity contribution in [1.82, 2.24) is 0 Å². The fraction of sp³-hybridized carbons (Fsp3) is 0.0588. The lowest BCUT2D eigenvalue weighted by Gasteiger charge is -2.04. The maximum Gasteiger partial charge on any atom is 0.447 e. The summed E-state index contributed by atoms with van der Waals surface area (Å²) in [6.45, 7) is 0. The van der Waals surface area contributed by atoms with Gasteiger partial charge in [0.15, 0.2) is 0 Å². The molecule has 0 bridgehead atoms. The van der Waals surface area contributed by atoms with Gasteiger partial charge in [0.25, 0.3) is 0 Å². The summed E-state index contributed by atoms with van der Waals surface area (Å²) in [6, 6.07) is 14.1. The smallest absolute Gasteiger partial charge is 0.207 e. The number of benzene rings is 2. The first-order valence-electron chi connectivity index (χ1n) is 6.73. The molecule has 24 heavy (non-hydrogen) atoms. The Hall–Kier alpha value is -1.50. The molecule has 0 aliphatic rings. The van der Waals surface area contributed by atoms with E-state index < -0.39 is 11.3 Å². The molecule has 3 rings (SSSR count). The van der Waals surface area contributed by atoms with Crippen molar-refractivity contribution >= 4 is 34.7 Å².